The highest BCUT2D eigenvalue weighted by molar-refractivity contribution is 5.92. The summed E-state index contributed by atoms with van der Waals surface area (Å²) in [6.07, 6.45) is 4.21. The van der Waals surface area contributed by atoms with E-state index in [1.807, 2.05) is 71.0 Å². The normalized spacial score (nSPS) is 25.8. The topological polar surface area (TPSA) is 103 Å². The van der Waals surface area contributed by atoms with E-state index in [9.17, 15) is 14.4 Å². The summed E-state index contributed by atoms with van der Waals surface area (Å²) >= 11 is 0. The van der Waals surface area contributed by atoms with Crippen molar-refractivity contribution in [3.05, 3.63) is 47.5 Å². The highest BCUT2D eigenvalue weighted by atomic mass is 16.5. The maximum Gasteiger partial charge on any atom is 0.407 e. The first kappa shape index (κ1) is 30.4. The van der Waals surface area contributed by atoms with Gasteiger partial charge in [0.05, 0.1) is 27.4 Å². The quantitative estimate of drug-likeness (QED) is 0.519. The maximum atomic E-state index is 14.2. The summed E-state index contributed by atoms with van der Waals surface area (Å²) in [7, 11) is 4.53. The van der Waals surface area contributed by atoms with Crippen LogP contribution in [0.3, 0.4) is 0 Å². The number of nitrogens with zero attached hydrogens (tertiary/aromatic N) is 1. The van der Waals surface area contributed by atoms with Crippen molar-refractivity contribution in [1.82, 2.24) is 10.2 Å². The van der Waals surface area contributed by atoms with Crippen LogP contribution in [0.1, 0.15) is 58.6 Å². The summed E-state index contributed by atoms with van der Waals surface area (Å²) in [5.74, 6) is -0.208. The summed E-state index contributed by atoms with van der Waals surface area (Å²) in [5, 5.41) is 4.75. The molecule has 2 aliphatic heterocycles. The van der Waals surface area contributed by atoms with Crippen molar-refractivity contribution in [2.24, 2.45) is 10.8 Å². The number of amides is 2. The number of hydrogen-bond donors (Lipinski definition) is 1. The number of hydrogen-bond acceptors (Lipinski definition) is 7. The maximum absolute atomic E-state index is 14.2. The lowest BCUT2D eigenvalue weighted by Crippen LogP contribution is -2.57. The number of carbonyl (C=O) groups excluding carboxylic acids is 3. The summed E-state index contributed by atoms with van der Waals surface area (Å²) in [6.45, 7) is 9.85. The average Bonchev–Trinajstić information content (AvgIpc) is 3.33. The number of ether oxygens (including phenoxy) is 4. The summed E-state index contributed by atoms with van der Waals surface area (Å²) < 4.78 is 22.5. The third-order valence-electron chi connectivity index (χ3n) is 8.12. The van der Waals surface area contributed by atoms with Gasteiger partial charge in [0.2, 0.25) is 5.91 Å². The Hall–Kier alpha value is -3.59. The fourth-order valence-electron chi connectivity index (χ4n) is 5.61. The zero-order chi connectivity index (χ0) is 30.2. The molecule has 1 N–H and O–H groups in total. The molecule has 2 amide bonds. The number of rotatable bonds is 3. The van der Waals surface area contributed by atoms with Crippen LogP contribution in [0.25, 0.3) is 16.8 Å². The van der Waals surface area contributed by atoms with Gasteiger partial charge < -0.3 is 29.2 Å². The molecule has 9 heteroatoms. The van der Waals surface area contributed by atoms with Crippen LogP contribution in [0, 0.1) is 10.8 Å². The lowest BCUT2D eigenvalue weighted by molar-refractivity contribution is -0.152. The van der Waals surface area contributed by atoms with E-state index in [4.69, 9.17) is 18.9 Å². The van der Waals surface area contributed by atoms with Gasteiger partial charge in [-0.1, -0.05) is 58.9 Å². The zero-order valence-electron chi connectivity index (χ0n) is 25.3. The summed E-state index contributed by atoms with van der Waals surface area (Å²) in [4.78, 5) is 41.7. The number of alkyl carbamates (subject to hydrolysis) is 1. The van der Waals surface area contributed by atoms with E-state index >= 15 is 0 Å². The van der Waals surface area contributed by atoms with E-state index in [0.717, 1.165) is 27.6 Å². The Morgan fingerprint density at radius 3 is 2.44 bits per heavy atom. The van der Waals surface area contributed by atoms with Gasteiger partial charge in [0.25, 0.3) is 0 Å². The van der Waals surface area contributed by atoms with Gasteiger partial charge in [-0.25, -0.2) is 9.59 Å². The van der Waals surface area contributed by atoms with Gasteiger partial charge in [-0.3, -0.25) is 4.79 Å². The van der Waals surface area contributed by atoms with Crippen LogP contribution in [0.2, 0.25) is 0 Å². The van der Waals surface area contributed by atoms with Crippen molar-refractivity contribution in [3.8, 4) is 5.75 Å². The van der Waals surface area contributed by atoms with E-state index in [2.05, 4.69) is 11.4 Å². The van der Waals surface area contributed by atoms with Crippen molar-refractivity contribution in [2.45, 2.75) is 65.1 Å². The first-order valence-electron chi connectivity index (χ1n) is 13.9. The second kappa shape index (κ2) is 11.4. The standard InChI is InChI=1S/C32H42N2O7/c1-30(2,3)26-27(35)34-18-32(40-8,17-24(34)28(36)39-7)23-12-11-20-16-25(38-6)21(14-22(20)15-23)10-9-13-31(4,5)19-41-29(37)33-26/h9-12,14-16,24,26H,13,17-19H2,1-8H3,(H,33,37)/b10-9-/t24-,26+,32-/m0/s1. The molecule has 2 aromatic rings. The van der Waals surface area contributed by atoms with Gasteiger partial charge in [0, 0.05) is 24.5 Å². The number of esters is 1. The van der Waals surface area contributed by atoms with E-state index in [-0.39, 0.29) is 25.0 Å². The molecular weight excluding hydrogens is 524 g/mol. The number of cyclic esters (lactones) is 1. The Kier molecular flexibility index (Phi) is 8.41. The highest BCUT2D eigenvalue weighted by Crippen LogP contribution is 2.42. The second-order valence-electron chi connectivity index (χ2n) is 12.9. The number of carbonyl (C=O) groups is 3. The minimum Gasteiger partial charge on any atom is -0.496 e. The smallest absolute Gasteiger partial charge is 0.407 e. The molecule has 5 bridgehead atoms. The number of methoxy groups -OCH3 is 3. The largest absolute Gasteiger partial charge is 0.496 e. The molecule has 2 aromatic carbocycles. The van der Waals surface area contributed by atoms with Gasteiger partial charge in [0.15, 0.2) is 0 Å². The average molecular weight is 567 g/mol. The molecule has 0 radical (unpaired) electrons. The summed E-state index contributed by atoms with van der Waals surface area (Å²) in [5.41, 5.74) is -0.272. The lowest BCUT2D eigenvalue weighted by Gasteiger charge is -2.35. The monoisotopic (exact) mass is 566 g/mol. The zero-order valence-corrected chi connectivity index (χ0v) is 25.3. The van der Waals surface area contributed by atoms with Crippen LogP contribution in [0.5, 0.6) is 5.75 Å². The fraction of sp³-hybridized carbons (Fsp3) is 0.531. The van der Waals surface area contributed by atoms with Crippen molar-refractivity contribution >= 4 is 34.8 Å². The van der Waals surface area contributed by atoms with Gasteiger partial charge in [-0.05, 0) is 46.4 Å². The number of allylic oxidation sites excluding steroid dienone is 1. The van der Waals surface area contributed by atoms with E-state index < -0.39 is 41.1 Å². The molecule has 3 atom stereocenters. The van der Waals surface area contributed by atoms with Gasteiger partial charge in [-0.2, -0.15) is 0 Å². The number of fused-ring (bicyclic) bond motifs is 5. The predicted octanol–water partition coefficient (Wildman–Crippen LogP) is 5.05. The fourth-order valence-corrected chi connectivity index (χ4v) is 5.61. The third-order valence-corrected chi connectivity index (χ3v) is 8.12. The van der Waals surface area contributed by atoms with Crippen LogP contribution in [0.4, 0.5) is 4.79 Å². The molecular formula is C32H42N2O7. The minimum atomic E-state index is -0.975. The van der Waals surface area contributed by atoms with Crippen LogP contribution in [0.15, 0.2) is 36.4 Å². The molecule has 4 rings (SSSR count). The van der Waals surface area contributed by atoms with E-state index in [1.54, 1.807) is 14.2 Å². The molecule has 0 aliphatic carbocycles. The van der Waals surface area contributed by atoms with Crippen molar-refractivity contribution < 1.29 is 33.3 Å². The Labute approximate surface area is 242 Å². The Balaban J connectivity index is 1.90. The molecule has 0 spiro atoms. The van der Waals surface area contributed by atoms with E-state index in [0.29, 0.717) is 6.42 Å². The number of nitrogens with one attached hydrogen (secondary N) is 1. The predicted molar refractivity (Wildman–Crippen MR) is 156 cm³/mol. The summed E-state index contributed by atoms with van der Waals surface area (Å²) in [6, 6.07) is 8.19. The Bertz CT molecular complexity index is 1360. The Morgan fingerprint density at radius 2 is 1.80 bits per heavy atom. The first-order chi connectivity index (χ1) is 19.2. The minimum absolute atomic E-state index is 0.104. The lowest BCUT2D eigenvalue weighted by atomic mass is 9.85. The van der Waals surface area contributed by atoms with Gasteiger partial charge in [-0.15, -0.1) is 0 Å². The molecule has 222 valence electrons. The molecule has 0 saturated carbocycles. The molecule has 9 nitrogen and oxygen atoms in total. The van der Waals surface area contributed by atoms with Crippen LogP contribution < -0.4 is 10.1 Å². The third kappa shape index (κ3) is 6.20. The molecule has 1 saturated heterocycles. The first-order valence-corrected chi connectivity index (χ1v) is 13.9. The SMILES string of the molecule is COC(=O)[C@@H]1C[C@]2(OC)CN1C(=O)[C@H](C(C)(C)C)NC(=O)OCC(C)(C)C/C=C\c1cc3cc2ccc3cc1OC. The van der Waals surface area contributed by atoms with E-state index in [1.165, 1.54) is 12.0 Å². The Morgan fingerprint density at radius 1 is 1.07 bits per heavy atom. The molecule has 41 heavy (non-hydrogen) atoms. The molecule has 2 heterocycles. The van der Waals surface area contributed by atoms with Crippen molar-refractivity contribution in [2.75, 3.05) is 34.5 Å². The molecule has 1 fully saturated rings. The second-order valence-corrected chi connectivity index (χ2v) is 12.9. The van der Waals surface area contributed by atoms with Gasteiger partial charge >= 0.3 is 12.1 Å². The van der Waals surface area contributed by atoms with Crippen molar-refractivity contribution in [3.63, 3.8) is 0 Å². The van der Waals surface area contributed by atoms with Crippen molar-refractivity contribution in [1.29, 1.82) is 0 Å². The molecule has 2 aliphatic rings. The number of benzene rings is 2. The highest BCUT2D eigenvalue weighted by Gasteiger charge is 2.53. The molecule has 0 unspecified atom stereocenters. The molecule has 0 aromatic heterocycles. The van der Waals surface area contributed by atoms with Gasteiger partial charge in [0.1, 0.15) is 23.4 Å². The van der Waals surface area contributed by atoms with Crippen LogP contribution >= 0.6 is 0 Å². The van der Waals surface area contributed by atoms with Crippen LogP contribution in [-0.4, -0.2) is 69.4 Å². The van der Waals surface area contributed by atoms with Crippen LogP contribution in [-0.2, 0) is 29.4 Å².